The van der Waals surface area contributed by atoms with Crippen LogP contribution in [0.15, 0.2) is 27.5 Å². The largest absolute Gasteiger partial charge is 0.243 e. The number of nitrogens with zero attached hydrogens (tertiary/aromatic N) is 3. The fourth-order valence-electron chi connectivity index (χ4n) is 0.206. The number of aliphatic imine (C=N–C) groups is 1. The molecule has 0 aliphatic carbocycles. The lowest BCUT2D eigenvalue weighted by molar-refractivity contribution is 1.22. The quantitative estimate of drug-likeness (QED) is 0.295. The van der Waals surface area contributed by atoms with Crippen molar-refractivity contribution in [2.45, 2.75) is 6.92 Å². The van der Waals surface area contributed by atoms with Crippen LogP contribution in [0.3, 0.4) is 0 Å². The van der Waals surface area contributed by atoms with Gasteiger partial charge in [-0.1, -0.05) is 6.08 Å². The summed E-state index contributed by atoms with van der Waals surface area (Å²) in [7, 11) is 1.60. The minimum absolute atomic E-state index is 1.39. The number of hydrogen-bond acceptors (Lipinski definition) is 2. The molecule has 0 spiro atoms. The van der Waals surface area contributed by atoms with E-state index < -0.39 is 0 Å². The van der Waals surface area contributed by atoms with Gasteiger partial charge in [0.05, 0.1) is 0 Å². The Morgan fingerprint density at radius 3 is 2.62 bits per heavy atom. The molecule has 0 amide bonds. The lowest BCUT2D eigenvalue weighted by atomic mass is 10.7. The number of allylic oxidation sites excluding steroid dienone is 1. The van der Waals surface area contributed by atoms with E-state index >= 15 is 0 Å². The molecule has 0 fully saturated rings. The molecule has 0 rings (SSSR count). The Labute approximate surface area is 48.9 Å². The number of azo groups is 1. The van der Waals surface area contributed by atoms with Crippen LogP contribution < -0.4 is 0 Å². The van der Waals surface area contributed by atoms with Crippen molar-refractivity contribution in [1.82, 2.24) is 0 Å². The van der Waals surface area contributed by atoms with Crippen LogP contribution in [0, 0.1) is 0 Å². The zero-order valence-corrected chi connectivity index (χ0v) is 5.07. The van der Waals surface area contributed by atoms with Crippen LogP contribution in [-0.2, 0) is 0 Å². The van der Waals surface area contributed by atoms with E-state index in [2.05, 4.69) is 15.2 Å². The van der Waals surface area contributed by atoms with Crippen LogP contribution in [0.1, 0.15) is 6.92 Å². The maximum atomic E-state index is 3.71. The first-order valence-electron chi connectivity index (χ1n) is 2.33. The van der Waals surface area contributed by atoms with Crippen LogP contribution in [0.5, 0.6) is 0 Å². The second-order valence-corrected chi connectivity index (χ2v) is 1.06. The number of rotatable bonds is 2. The second-order valence-electron chi connectivity index (χ2n) is 1.06. The molecule has 0 N–H and O–H groups in total. The van der Waals surface area contributed by atoms with Crippen molar-refractivity contribution in [3.8, 4) is 0 Å². The standard InChI is InChI=1S/C5H9N3/c1-3-4-7-5-8-6-2/h3-5H,1-2H3/b4-3-,7-5-,8-6-. The van der Waals surface area contributed by atoms with Gasteiger partial charge in [0.1, 0.15) is 6.34 Å². The summed E-state index contributed by atoms with van der Waals surface area (Å²) in [5, 5.41) is 6.94. The van der Waals surface area contributed by atoms with E-state index in [4.69, 9.17) is 0 Å². The van der Waals surface area contributed by atoms with Gasteiger partial charge in [-0.2, -0.15) is 5.11 Å². The Bertz CT molecular complexity index is 98.8. The molecule has 8 heavy (non-hydrogen) atoms. The maximum absolute atomic E-state index is 3.71. The van der Waals surface area contributed by atoms with Gasteiger partial charge >= 0.3 is 0 Å². The molecule has 0 aliphatic rings. The van der Waals surface area contributed by atoms with Crippen molar-refractivity contribution in [3.63, 3.8) is 0 Å². The van der Waals surface area contributed by atoms with E-state index in [1.165, 1.54) is 6.34 Å². The molecule has 0 atom stereocenters. The average molecular weight is 111 g/mol. The van der Waals surface area contributed by atoms with Crippen LogP contribution >= 0.6 is 0 Å². The molecule has 44 valence electrons. The van der Waals surface area contributed by atoms with Crippen molar-refractivity contribution in [2.75, 3.05) is 7.05 Å². The predicted octanol–water partition coefficient (Wildman–Crippen LogP) is 1.63. The molecule has 0 aromatic heterocycles. The first-order valence-corrected chi connectivity index (χ1v) is 2.33. The minimum atomic E-state index is 1.39. The van der Waals surface area contributed by atoms with E-state index in [1.807, 2.05) is 13.0 Å². The van der Waals surface area contributed by atoms with Gasteiger partial charge < -0.3 is 0 Å². The second kappa shape index (κ2) is 6.01. The molecule has 0 bridgehead atoms. The summed E-state index contributed by atoms with van der Waals surface area (Å²) in [4.78, 5) is 3.71. The van der Waals surface area contributed by atoms with Gasteiger partial charge in [-0.3, -0.25) is 0 Å². The molecular formula is C5H9N3. The van der Waals surface area contributed by atoms with Gasteiger partial charge in [-0.25, -0.2) is 4.99 Å². The van der Waals surface area contributed by atoms with Crippen LogP contribution in [0.25, 0.3) is 0 Å². The molecule has 0 aliphatic heterocycles. The van der Waals surface area contributed by atoms with Gasteiger partial charge in [-0.05, 0) is 6.92 Å². The smallest absolute Gasteiger partial charge is 0.137 e. The number of hydrogen-bond donors (Lipinski definition) is 0. The summed E-state index contributed by atoms with van der Waals surface area (Å²) in [5.74, 6) is 0. The Balaban J connectivity index is 3.35. The van der Waals surface area contributed by atoms with Crippen LogP contribution in [-0.4, -0.2) is 13.4 Å². The molecule has 0 aromatic rings. The normalized spacial score (nSPS) is 12.8. The zero-order valence-electron chi connectivity index (χ0n) is 5.07. The summed E-state index contributed by atoms with van der Waals surface area (Å²) < 4.78 is 0. The first kappa shape index (κ1) is 7.01. The molecule has 0 heterocycles. The van der Waals surface area contributed by atoms with Gasteiger partial charge in [0.2, 0.25) is 0 Å². The van der Waals surface area contributed by atoms with Gasteiger partial charge in [0.15, 0.2) is 0 Å². The van der Waals surface area contributed by atoms with Crippen molar-refractivity contribution in [2.24, 2.45) is 15.2 Å². The van der Waals surface area contributed by atoms with E-state index in [-0.39, 0.29) is 0 Å². The molecule has 0 unspecified atom stereocenters. The van der Waals surface area contributed by atoms with Crippen LogP contribution in [0.4, 0.5) is 0 Å². The topological polar surface area (TPSA) is 37.1 Å². The summed E-state index contributed by atoms with van der Waals surface area (Å²) in [6, 6.07) is 0. The minimum Gasteiger partial charge on any atom is -0.243 e. The van der Waals surface area contributed by atoms with E-state index in [1.54, 1.807) is 13.2 Å². The van der Waals surface area contributed by atoms with Gasteiger partial charge in [0, 0.05) is 13.2 Å². The fourth-order valence-corrected chi connectivity index (χ4v) is 0.206. The molecule has 0 aromatic carbocycles. The molecule has 0 saturated carbocycles. The Hall–Kier alpha value is -0.990. The van der Waals surface area contributed by atoms with E-state index in [0.29, 0.717) is 0 Å². The summed E-state index contributed by atoms with van der Waals surface area (Å²) in [6.45, 7) is 1.89. The third-order valence-electron chi connectivity index (χ3n) is 0.469. The fraction of sp³-hybridized carbons (Fsp3) is 0.400. The highest BCUT2D eigenvalue weighted by Gasteiger charge is 1.56. The van der Waals surface area contributed by atoms with E-state index in [9.17, 15) is 0 Å². The van der Waals surface area contributed by atoms with Gasteiger partial charge in [-0.15, -0.1) is 5.11 Å². The third kappa shape index (κ3) is 5.01. The van der Waals surface area contributed by atoms with Crippen LogP contribution in [0.2, 0.25) is 0 Å². The van der Waals surface area contributed by atoms with Crippen molar-refractivity contribution in [3.05, 3.63) is 12.3 Å². The van der Waals surface area contributed by atoms with Gasteiger partial charge in [0.25, 0.3) is 0 Å². The lowest BCUT2D eigenvalue weighted by Crippen LogP contribution is -1.57. The van der Waals surface area contributed by atoms with Crippen molar-refractivity contribution < 1.29 is 0 Å². The Kier molecular flexibility index (Phi) is 5.27. The highest BCUT2D eigenvalue weighted by molar-refractivity contribution is 5.55. The highest BCUT2D eigenvalue weighted by Crippen LogP contribution is 1.70. The molecule has 3 nitrogen and oxygen atoms in total. The summed E-state index contributed by atoms with van der Waals surface area (Å²) >= 11 is 0. The van der Waals surface area contributed by atoms with Crippen molar-refractivity contribution >= 4 is 6.34 Å². The summed E-state index contributed by atoms with van der Waals surface area (Å²) in [6.07, 6.45) is 4.86. The molecule has 3 heteroatoms. The summed E-state index contributed by atoms with van der Waals surface area (Å²) in [5.41, 5.74) is 0. The molecular weight excluding hydrogens is 102 g/mol. The van der Waals surface area contributed by atoms with Crippen molar-refractivity contribution in [1.29, 1.82) is 0 Å². The average Bonchev–Trinajstić information content (AvgIpc) is 1.81. The monoisotopic (exact) mass is 111 g/mol. The maximum Gasteiger partial charge on any atom is 0.137 e. The SMILES string of the molecule is C\C=C/N=C\N=N/C. The highest BCUT2D eigenvalue weighted by atomic mass is 15.1. The Morgan fingerprint density at radius 1 is 1.38 bits per heavy atom. The predicted molar refractivity (Wildman–Crippen MR) is 34.1 cm³/mol. The third-order valence-corrected chi connectivity index (χ3v) is 0.469. The molecule has 0 radical (unpaired) electrons. The van der Waals surface area contributed by atoms with E-state index in [0.717, 1.165) is 0 Å². The first-order chi connectivity index (χ1) is 3.91. The zero-order chi connectivity index (χ0) is 6.24. The lowest BCUT2D eigenvalue weighted by Gasteiger charge is -1.68. The Morgan fingerprint density at radius 2 is 2.12 bits per heavy atom. The molecule has 0 saturated heterocycles.